The highest BCUT2D eigenvalue weighted by Crippen LogP contribution is 2.23. The first kappa shape index (κ1) is 15.4. The van der Waals surface area contributed by atoms with Crippen molar-refractivity contribution < 1.29 is 9.90 Å². The first-order valence-electron chi connectivity index (χ1n) is 6.72. The Morgan fingerprint density at radius 3 is 2.47 bits per heavy atom. The summed E-state index contributed by atoms with van der Waals surface area (Å²) in [5, 5.41) is 9.09. The van der Waals surface area contributed by atoms with Gasteiger partial charge in [-0.25, -0.2) is 0 Å². The van der Waals surface area contributed by atoms with Crippen molar-refractivity contribution >= 4 is 5.91 Å². The predicted molar refractivity (Wildman–Crippen MR) is 77.7 cm³/mol. The molecule has 0 saturated heterocycles. The third-order valence-electron chi connectivity index (χ3n) is 3.28. The number of hydrogen-bond acceptors (Lipinski definition) is 2. The Labute approximate surface area is 115 Å². The van der Waals surface area contributed by atoms with Gasteiger partial charge in [-0.1, -0.05) is 36.4 Å². The molecule has 0 aliphatic heterocycles. The molecule has 3 nitrogen and oxygen atoms in total. The molecule has 19 heavy (non-hydrogen) atoms. The average Bonchev–Trinajstić information content (AvgIpc) is 2.40. The molecule has 1 rings (SSSR count). The number of aliphatic hydroxyl groups is 1. The Bertz CT molecular complexity index is 414. The molecule has 0 radical (unpaired) electrons. The van der Waals surface area contributed by atoms with Crippen molar-refractivity contribution in [3.8, 4) is 0 Å². The highest BCUT2D eigenvalue weighted by molar-refractivity contribution is 5.88. The van der Waals surface area contributed by atoms with Crippen LogP contribution in [0, 0.1) is 0 Å². The van der Waals surface area contributed by atoms with Gasteiger partial charge in [0, 0.05) is 12.6 Å². The van der Waals surface area contributed by atoms with Crippen molar-refractivity contribution in [2.45, 2.75) is 39.3 Å². The van der Waals surface area contributed by atoms with Gasteiger partial charge in [0.1, 0.15) is 0 Å². The molecule has 1 aromatic carbocycles. The van der Waals surface area contributed by atoms with E-state index in [1.807, 2.05) is 56.0 Å². The van der Waals surface area contributed by atoms with Crippen LogP contribution in [0.15, 0.2) is 42.5 Å². The normalized spacial score (nSPS) is 14.3. The van der Waals surface area contributed by atoms with Crippen LogP contribution in [0.2, 0.25) is 0 Å². The van der Waals surface area contributed by atoms with Gasteiger partial charge in [-0.3, -0.25) is 4.79 Å². The van der Waals surface area contributed by atoms with Gasteiger partial charge in [-0.2, -0.15) is 0 Å². The number of aliphatic hydroxyl groups excluding tert-OH is 1. The zero-order chi connectivity index (χ0) is 14.3. The van der Waals surface area contributed by atoms with Crippen molar-refractivity contribution in [2.24, 2.45) is 0 Å². The number of carbonyl (C=O) groups is 1. The maximum Gasteiger partial charge on any atom is 0.246 e. The van der Waals surface area contributed by atoms with E-state index in [1.54, 1.807) is 12.2 Å². The Kier molecular flexibility index (Phi) is 6.30. The maximum absolute atomic E-state index is 12.2. The maximum atomic E-state index is 12.2. The van der Waals surface area contributed by atoms with Gasteiger partial charge in [0.05, 0.1) is 6.04 Å². The minimum Gasteiger partial charge on any atom is -0.396 e. The number of hydrogen-bond donors (Lipinski definition) is 1. The molecule has 1 amide bonds. The number of amides is 1. The highest BCUT2D eigenvalue weighted by atomic mass is 16.3. The second kappa shape index (κ2) is 7.74. The Morgan fingerprint density at radius 1 is 1.32 bits per heavy atom. The summed E-state index contributed by atoms with van der Waals surface area (Å²) >= 11 is 0. The van der Waals surface area contributed by atoms with E-state index in [1.165, 1.54) is 0 Å². The molecule has 0 saturated carbocycles. The molecule has 0 aromatic heterocycles. The largest absolute Gasteiger partial charge is 0.396 e. The fourth-order valence-electron chi connectivity index (χ4n) is 2.24. The Morgan fingerprint density at radius 2 is 1.95 bits per heavy atom. The van der Waals surface area contributed by atoms with E-state index in [9.17, 15) is 4.79 Å². The molecule has 1 aromatic rings. The molecule has 1 N–H and O–H groups in total. The molecule has 0 spiro atoms. The lowest BCUT2D eigenvalue weighted by Gasteiger charge is -2.34. The van der Waals surface area contributed by atoms with Crippen molar-refractivity contribution in [3.05, 3.63) is 48.0 Å². The summed E-state index contributed by atoms with van der Waals surface area (Å²) < 4.78 is 0. The standard InChI is InChI=1S/C16H23NO2/c1-4-8-16(19)17(13(2)11-12-18)14(3)15-9-6-5-7-10-15/h4-10,13-14,18H,11-12H2,1-3H3/b8-4+/t13-,14+/m1/s1. The minimum absolute atomic E-state index is 0.00362. The molecule has 0 bridgehead atoms. The molecule has 0 fully saturated rings. The third-order valence-corrected chi connectivity index (χ3v) is 3.28. The first-order chi connectivity index (χ1) is 9.11. The zero-order valence-electron chi connectivity index (χ0n) is 11.9. The van der Waals surface area contributed by atoms with Crippen LogP contribution in [0.4, 0.5) is 0 Å². The molecule has 0 aliphatic rings. The van der Waals surface area contributed by atoms with E-state index in [0.717, 1.165) is 5.56 Å². The van der Waals surface area contributed by atoms with E-state index < -0.39 is 0 Å². The van der Waals surface area contributed by atoms with E-state index in [-0.39, 0.29) is 24.6 Å². The summed E-state index contributed by atoms with van der Waals surface area (Å²) in [7, 11) is 0. The van der Waals surface area contributed by atoms with Gasteiger partial charge in [-0.15, -0.1) is 0 Å². The van der Waals surface area contributed by atoms with Gasteiger partial charge in [0.2, 0.25) is 5.91 Å². The summed E-state index contributed by atoms with van der Waals surface area (Å²) in [5.74, 6) is -0.0141. The lowest BCUT2D eigenvalue weighted by Crippen LogP contribution is -2.40. The summed E-state index contributed by atoms with van der Waals surface area (Å²) in [6, 6.07) is 9.95. The molecular formula is C16H23NO2. The minimum atomic E-state index is -0.0141. The van der Waals surface area contributed by atoms with Crippen LogP contribution in [0.1, 0.15) is 38.8 Å². The van der Waals surface area contributed by atoms with Crippen LogP contribution in [-0.2, 0) is 4.79 Å². The van der Waals surface area contributed by atoms with Crippen molar-refractivity contribution in [1.82, 2.24) is 4.90 Å². The van der Waals surface area contributed by atoms with Gasteiger partial charge < -0.3 is 10.0 Å². The van der Waals surface area contributed by atoms with Crippen molar-refractivity contribution in [2.75, 3.05) is 6.61 Å². The number of nitrogens with zero attached hydrogens (tertiary/aromatic N) is 1. The van der Waals surface area contributed by atoms with Gasteiger partial charge >= 0.3 is 0 Å². The van der Waals surface area contributed by atoms with Crippen LogP contribution in [0.5, 0.6) is 0 Å². The van der Waals surface area contributed by atoms with Crippen LogP contribution >= 0.6 is 0 Å². The summed E-state index contributed by atoms with van der Waals surface area (Å²) in [6.07, 6.45) is 3.91. The molecule has 0 unspecified atom stereocenters. The fraction of sp³-hybridized carbons (Fsp3) is 0.438. The number of benzene rings is 1. The van der Waals surface area contributed by atoms with Gasteiger partial charge in [0.15, 0.2) is 0 Å². The molecule has 2 atom stereocenters. The van der Waals surface area contributed by atoms with Crippen LogP contribution in [0.3, 0.4) is 0 Å². The van der Waals surface area contributed by atoms with Crippen molar-refractivity contribution in [1.29, 1.82) is 0 Å². The molecule has 3 heteroatoms. The molecule has 0 heterocycles. The van der Waals surface area contributed by atoms with Crippen LogP contribution < -0.4 is 0 Å². The van der Waals surface area contributed by atoms with Crippen molar-refractivity contribution in [3.63, 3.8) is 0 Å². The number of carbonyl (C=O) groups excluding carboxylic acids is 1. The second-order valence-electron chi connectivity index (χ2n) is 4.69. The van der Waals surface area contributed by atoms with E-state index in [4.69, 9.17) is 5.11 Å². The molecular weight excluding hydrogens is 238 g/mol. The quantitative estimate of drug-likeness (QED) is 0.800. The predicted octanol–water partition coefficient (Wildman–Crippen LogP) is 2.92. The fourth-order valence-corrected chi connectivity index (χ4v) is 2.24. The zero-order valence-corrected chi connectivity index (χ0v) is 11.9. The monoisotopic (exact) mass is 261 g/mol. The highest BCUT2D eigenvalue weighted by Gasteiger charge is 2.24. The summed E-state index contributed by atoms with van der Waals surface area (Å²) in [4.78, 5) is 14.1. The summed E-state index contributed by atoms with van der Waals surface area (Å²) in [6.45, 7) is 5.91. The van der Waals surface area contributed by atoms with Gasteiger partial charge in [-0.05, 0) is 38.8 Å². The Hall–Kier alpha value is -1.61. The summed E-state index contributed by atoms with van der Waals surface area (Å²) in [5.41, 5.74) is 1.10. The van der Waals surface area contributed by atoms with Crippen LogP contribution in [0.25, 0.3) is 0 Å². The van der Waals surface area contributed by atoms with E-state index >= 15 is 0 Å². The first-order valence-corrected chi connectivity index (χ1v) is 6.72. The lowest BCUT2D eigenvalue weighted by molar-refractivity contribution is -0.130. The number of rotatable bonds is 6. The van der Waals surface area contributed by atoms with E-state index in [2.05, 4.69) is 0 Å². The van der Waals surface area contributed by atoms with Crippen LogP contribution in [-0.4, -0.2) is 28.6 Å². The lowest BCUT2D eigenvalue weighted by atomic mass is 10.0. The molecule has 104 valence electrons. The van der Waals surface area contributed by atoms with Gasteiger partial charge in [0.25, 0.3) is 0 Å². The van der Waals surface area contributed by atoms with E-state index in [0.29, 0.717) is 6.42 Å². The average molecular weight is 261 g/mol. The SMILES string of the molecule is C/C=C/C(=O)N([C@H](C)CCO)[C@@H](C)c1ccccc1. The smallest absolute Gasteiger partial charge is 0.246 e. The third kappa shape index (κ3) is 4.21. The molecule has 0 aliphatic carbocycles. The Balaban J connectivity index is 2.98. The number of allylic oxidation sites excluding steroid dienone is 1. The second-order valence-corrected chi connectivity index (χ2v) is 4.69. The topological polar surface area (TPSA) is 40.5 Å².